The van der Waals surface area contributed by atoms with Gasteiger partial charge in [0.15, 0.2) is 0 Å². The van der Waals surface area contributed by atoms with Crippen LogP contribution in [0.3, 0.4) is 0 Å². The second-order valence-corrected chi connectivity index (χ2v) is 7.92. The van der Waals surface area contributed by atoms with Gasteiger partial charge < -0.3 is 19.1 Å². The third kappa shape index (κ3) is 3.45. The fourth-order valence-corrected chi connectivity index (χ4v) is 3.01. The highest BCUT2D eigenvalue weighted by molar-refractivity contribution is 6.62. The molecule has 0 N–H and O–H groups in total. The molecule has 0 saturated carbocycles. The zero-order valence-electron chi connectivity index (χ0n) is 15.6. The van der Waals surface area contributed by atoms with Gasteiger partial charge in [-0.3, -0.25) is 4.79 Å². The summed E-state index contributed by atoms with van der Waals surface area (Å²) >= 11 is 0. The molecule has 1 aromatic carbocycles. The molecular formula is C18H26BFN2O3. The summed E-state index contributed by atoms with van der Waals surface area (Å²) in [7, 11) is 1.26. The first-order chi connectivity index (χ1) is 11.6. The van der Waals surface area contributed by atoms with Gasteiger partial charge in [0.25, 0.3) is 5.91 Å². The summed E-state index contributed by atoms with van der Waals surface area (Å²) in [5, 5.41) is 0. The average Bonchev–Trinajstić information content (AvgIpc) is 2.75. The van der Waals surface area contributed by atoms with Gasteiger partial charge in [-0.1, -0.05) is 6.07 Å². The van der Waals surface area contributed by atoms with Crippen LogP contribution in [0, 0.1) is 5.82 Å². The van der Waals surface area contributed by atoms with Crippen LogP contribution in [0.4, 0.5) is 4.39 Å². The number of nitrogens with zero attached hydrogens (tertiary/aromatic N) is 2. The standard InChI is InChI=1S/C18H26BFN2O3/c1-17(2)18(3,4)25-19(24-17)14-7-6-13(12-15(14)20)16(23)22-10-8-21(5)9-11-22/h6-7,12H,8-11H2,1-5H3. The van der Waals surface area contributed by atoms with E-state index >= 15 is 0 Å². The summed E-state index contributed by atoms with van der Waals surface area (Å²) in [6.07, 6.45) is 0. The van der Waals surface area contributed by atoms with Crippen LogP contribution < -0.4 is 5.46 Å². The number of rotatable bonds is 2. The molecule has 0 aromatic heterocycles. The Hall–Kier alpha value is -1.44. The van der Waals surface area contributed by atoms with Gasteiger partial charge in [-0.2, -0.15) is 0 Å². The van der Waals surface area contributed by atoms with E-state index in [1.165, 1.54) is 6.07 Å². The molecule has 0 aliphatic carbocycles. The molecule has 1 amide bonds. The Morgan fingerprint density at radius 1 is 1.08 bits per heavy atom. The first kappa shape index (κ1) is 18.4. The Bertz CT molecular complexity index is 656. The van der Waals surface area contributed by atoms with Crippen molar-refractivity contribution in [2.45, 2.75) is 38.9 Å². The topological polar surface area (TPSA) is 42.0 Å². The molecule has 0 radical (unpaired) electrons. The van der Waals surface area contributed by atoms with Gasteiger partial charge in [0.1, 0.15) is 5.82 Å². The molecule has 2 aliphatic rings. The molecule has 0 bridgehead atoms. The summed E-state index contributed by atoms with van der Waals surface area (Å²) in [6.45, 7) is 10.7. The minimum Gasteiger partial charge on any atom is -0.399 e. The lowest BCUT2D eigenvalue weighted by Crippen LogP contribution is -2.47. The van der Waals surface area contributed by atoms with Crippen LogP contribution in [0.2, 0.25) is 0 Å². The fraction of sp³-hybridized carbons (Fsp3) is 0.611. The maximum Gasteiger partial charge on any atom is 0.497 e. The van der Waals surface area contributed by atoms with Gasteiger partial charge >= 0.3 is 7.12 Å². The van der Waals surface area contributed by atoms with Crippen molar-refractivity contribution >= 4 is 18.5 Å². The normalized spacial score (nSPS) is 23.1. The molecule has 3 rings (SSSR count). The summed E-state index contributed by atoms with van der Waals surface area (Å²) in [4.78, 5) is 16.5. The molecule has 25 heavy (non-hydrogen) atoms. The zero-order chi connectivity index (χ0) is 18.4. The Morgan fingerprint density at radius 3 is 2.16 bits per heavy atom. The SMILES string of the molecule is CN1CCN(C(=O)c2ccc(B3OC(C)(C)C(C)(C)O3)c(F)c2)CC1. The predicted molar refractivity (Wildman–Crippen MR) is 95.5 cm³/mol. The van der Waals surface area contributed by atoms with E-state index in [-0.39, 0.29) is 5.91 Å². The van der Waals surface area contributed by atoms with E-state index < -0.39 is 24.1 Å². The number of benzene rings is 1. The van der Waals surface area contributed by atoms with Crippen molar-refractivity contribution in [2.75, 3.05) is 33.2 Å². The van der Waals surface area contributed by atoms with Gasteiger partial charge in [0.2, 0.25) is 0 Å². The van der Waals surface area contributed by atoms with Crippen LogP contribution in [0.5, 0.6) is 0 Å². The monoisotopic (exact) mass is 348 g/mol. The molecule has 2 fully saturated rings. The number of likely N-dealkylation sites (N-methyl/N-ethyl adjacent to an activating group) is 1. The van der Waals surface area contributed by atoms with E-state index in [9.17, 15) is 9.18 Å². The van der Waals surface area contributed by atoms with Gasteiger partial charge in [-0.05, 0) is 46.9 Å². The van der Waals surface area contributed by atoms with Crippen LogP contribution in [0.25, 0.3) is 0 Å². The van der Waals surface area contributed by atoms with Crippen molar-refractivity contribution < 1.29 is 18.5 Å². The minimum absolute atomic E-state index is 0.132. The number of amides is 1. The molecule has 136 valence electrons. The molecule has 5 nitrogen and oxygen atoms in total. The van der Waals surface area contributed by atoms with E-state index in [1.54, 1.807) is 17.0 Å². The van der Waals surface area contributed by atoms with Gasteiger partial charge in [0, 0.05) is 37.2 Å². The van der Waals surface area contributed by atoms with E-state index in [0.717, 1.165) is 13.1 Å². The lowest BCUT2D eigenvalue weighted by atomic mass is 9.78. The third-order valence-electron chi connectivity index (χ3n) is 5.55. The van der Waals surface area contributed by atoms with Crippen LogP contribution in [-0.2, 0) is 9.31 Å². The first-order valence-corrected chi connectivity index (χ1v) is 8.74. The number of hydrogen-bond donors (Lipinski definition) is 0. The molecule has 1 aromatic rings. The molecule has 0 atom stereocenters. The Kier molecular flexibility index (Phi) is 4.68. The second kappa shape index (κ2) is 6.38. The maximum absolute atomic E-state index is 14.7. The highest BCUT2D eigenvalue weighted by Crippen LogP contribution is 2.36. The third-order valence-corrected chi connectivity index (χ3v) is 5.55. The van der Waals surface area contributed by atoms with E-state index in [0.29, 0.717) is 24.1 Å². The number of carbonyl (C=O) groups excluding carboxylic acids is 1. The quantitative estimate of drug-likeness (QED) is 0.760. The molecule has 2 heterocycles. The molecular weight excluding hydrogens is 322 g/mol. The Labute approximate surface area is 149 Å². The lowest BCUT2D eigenvalue weighted by molar-refractivity contribution is 0.00578. The first-order valence-electron chi connectivity index (χ1n) is 8.74. The summed E-state index contributed by atoms with van der Waals surface area (Å²) in [5.74, 6) is -0.606. The average molecular weight is 348 g/mol. The summed E-state index contributed by atoms with van der Waals surface area (Å²) in [5.41, 5.74) is -0.368. The van der Waals surface area contributed by atoms with Crippen molar-refractivity contribution in [1.29, 1.82) is 0 Å². The van der Waals surface area contributed by atoms with Crippen molar-refractivity contribution in [3.63, 3.8) is 0 Å². The van der Waals surface area contributed by atoms with Gasteiger partial charge in [-0.25, -0.2) is 4.39 Å². The fourth-order valence-electron chi connectivity index (χ4n) is 3.01. The number of carbonyl (C=O) groups is 1. The highest BCUT2D eigenvalue weighted by atomic mass is 19.1. The largest absolute Gasteiger partial charge is 0.497 e. The van der Waals surface area contributed by atoms with Gasteiger partial charge in [-0.15, -0.1) is 0 Å². The maximum atomic E-state index is 14.7. The highest BCUT2D eigenvalue weighted by Gasteiger charge is 2.52. The molecule has 7 heteroatoms. The molecule has 2 saturated heterocycles. The van der Waals surface area contributed by atoms with E-state index in [1.807, 2.05) is 34.7 Å². The second-order valence-electron chi connectivity index (χ2n) is 7.92. The van der Waals surface area contributed by atoms with Crippen molar-refractivity contribution in [3.05, 3.63) is 29.6 Å². The van der Waals surface area contributed by atoms with E-state index in [2.05, 4.69) is 4.90 Å². The van der Waals surface area contributed by atoms with Crippen molar-refractivity contribution in [1.82, 2.24) is 9.80 Å². The smallest absolute Gasteiger partial charge is 0.399 e. The Morgan fingerprint density at radius 2 is 1.64 bits per heavy atom. The molecule has 0 unspecified atom stereocenters. The van der Waals surface area contributed by atoms with Crippen molar-refractivity contribution in [3.8, 4) is 0 Å². The number of piperazine rings is 1. The number of halogens is 1. The molecule has 2 aliphatic heterocycles. The lowest BCUT2D eigenvalue weighted by Gasteiger charge is -2.32. The summed E-state index contributed by atoms with van der Waals surface area (Å²) in [6, 6.07) is 4.55. The van der Waals surface area contributed by atoms with Crippen molar-refractivity contribution in [2.24, 2.45) is 0 Å². The van der Waals surface area contributed by atoms with Crippen LogP contribution in [0.15, 0.2) is 18.2 Å². The predicted octanol–water partition coefficient (Wildman–Crippen LogP) is 1.51. The van der Waals surface area contributed by atoms with Crippen LogP contribution in [-0.4, -0.2) is 67.3 Å². The number of hydrogen-bond acceptors (Lipinski definition) is 4. The minimum atomic E-state index is -0.766. The Balaban J connectivity index is 1.77. The summed E-state index contributed by atoms with van der Waals surface area (Å²) < 4.78 is 26.4. The van der Waals surface area contributed by atoms with Gasteiger partial charge in [0.05, 0.1) is 11.2 Å². The van der Waals surface area contributed by atoms with Crippen LogP contribution >= 0.6 is 0 Å². The molecule has 0 spiro atoms. The van der Waals surface area contributed by atoms with Crippen LogP contribution in [0.1, 0.15) is 38.1 Å². The van der Waals surface area contributed by atoms with E-state index in [4.69, 9.17) is 9.31 Å². The zero-order valence-corrected chi connectivity index (χ0v) is 15.6.